The van der Waals surface area contributed by atoms with Crippen molar-refractivity contribution in [1.29, 1.82) is 0 Å². The van der Waals surface area contributed by atoms with E-state index in [0.717, 1.165) is 42.8 Å². The van der Waals surface area contributed by atoms with Crippen LogP contribution in [0, 0.1) is 5.92 Å². The zero-order valence-electron chi connectivity index (χ0n) is 16.1. The Balaban J connectivity index is 1.64. The van der Waals surface area contributed by atoms with Crippen LogP contribution in [-0.4, -0.2) is 53.2 Å². The highest BCUT2D eigenvalue weighted by Gasteiger charge is 2.26. The summed E-state index contributed by atoms with van der Waals surface area (Å²) < 4.78 is 5.45. The second-order valence-corrected chi connectivity index (χ2v) is 8.03. The van der Waals surface area contributed by atoms with Crippen LogP contribution >= 0.6 is 0 Å². The van der Waals surface area contributed by atoms with Gasteiger partial charge >= 0.3 is 6.09 Å². The number of anilines is 1. The number of carbonyl (C=O) groups excluding carboxylic acids is 1. The summed E-state index contributed by atoms with van der Waals surface area (Å²) in [6.45, 7) is 8.20. The largest absolute Gasteiger partial charge is 0.444 e. The molecule has 1 fully saturated rings. The van der Waals surface area contributed by atoms with Crippen molar-refractivity contribution >= 4 is 22.9 Å². The smallest absolute Gasteiger partial charge is 0.410 e. The van der Waals surface area contributed by atoms with Crippen molar-refractivity contribution in [2.24, 2.45) is 5.92 Å². The third-order valence-electron chi connectivity index (χ3n) is 4.52. The topological polar surface area (TPSA) is 58.6 Å². The van der Waals surface area contributed by atoms with Gasteiger partial charge in [-0.3, -0.25) is 4.98 Å². The third-order valence-corrected chi connectivity index (χ3v) is 4.52. The number of rotatable bonds is 3. The molecule has 6 heteroatoms. The normalized spacial score (nSPS) is 18.0. The molecule has 0 aliphatic carbocycles. The molecule has 0 radical (unpaired) electrons. The summed E-state index contributed by atoms with van der Waals surface area (Å²) in [5, 5.41) is 0. The number of ether oxygens (including phenoxy) is 1. The monoisotopic (exact) mass is 356 g/mol. The SMILES string of the molecule is CN(C[C@@H]1CCCN(c2cnc3ccccc3n2)C1)C(=O)OC(C)(C)C. The molecule has 1 amide bonds. The van der Waals surface area contributed by atoms with Gasteiger partial charge in [-0.1, -0.05) is 12.1 Å². The van der Waals surface area contributed by atoms with E-state index in [-0.39, 0.29) is 6.09 Å². The summed E-state index contributed by atoms with van der Waals surface area (Å²) in [6.07, 6.45) is 3.77. The lowest BCUT2D eigenvalue weighted by Gasteiger charge is -2.35. The second-order valence-electron chi connectivity index (χ2n) is 8.03. The van der Waals surface area contributed by atoms with Crippen LogP contribution in [0.2, 0.25) is 0 Å². The summed E-state index contributed by atoms with van der Waals surface area (Å²) in [7, 11) is 1.81. The van der Waals surface area contributed by atoms with Gasteiger partial charge in [-0.05, 0) is 51.7 Å². The Labute approximate surface area is 155 Å². The highest BCUT2D eigenvalue weighted by molar-refractivity contribution is 5.75. The Bertz CT molecular complexity index is 772. The molecule has 0 N–H and O–H groups in total. The molecule has 1 aromatic heterocycles. The van der Waals surface area contributed by atoms with Crippen LogP contribution < -0.4 is 4.90 Å². The molecular weight excluding hydrogens is 328 g/mol. The fourth-order valence-electron chi connectivity index (χ4n) is 3.32. The quantitative estimate of drug-likeness (QED) is 0.839. The van der Waals surface area contributed by atoms with E-state index in [4.69, 9.17) is 9.72 Å². The van der Waals surface area contributed by atoms with Gasteiger partial charge in [0.15, 0.2) is 0 Å². The van der Waals surface area contributed by atoms with Gasteiger partial charge in [0, 0.05) is 26.7 Å². The molecule has 1 aliphatic rings. The first kappa shape index (κ1) is 18.4. The number of aromatic nitrogens is 2. The number of nitrogens with zero attached hydrogens (tertiary/aromatic N) is 4. The van der Waals surface area contributed by atoms with Crippen molar-refractivity contribution in [2.45, 2.75) is 39.2 Å². The van der Waals surface area contributed by atoms with Crippen LogP contribution in [0.25, 0.3) is 11.0 Å². The van der Waals surface area contributed by atoms with Crippen molar-refractivity contribution < 1.29 is 9.53 Å². The summed E-state index contributed by atoms with van der Waals surface area (Å²) in [5.74, 6) is 1.31. The van der Waals surface area contributed by atoms with Crippen LogP contribution in [0.1, 0.15) is 33.6 Å². The van der Waals surface area contributed by atoms with E-state index in [1.807, 2.05) is 58.3 Å². The number of para-hydroxylation sites is 2. The molecule has 0 spiro atoms. The molecule has 1 aliphatic heterocycles. The summed E-state index contributed by atoms with van der Waals surface area (Å²) in [5.41, 5.74) is 1.36. The van der Waals surface area contributed by atoms with Crippen molar-refractivity contribution in [3.8, 4) is 0 Å². The fourth-order valence-corrected chi connectivity index (χ4v) is 3.32. The zero-order valence-corrected chi connectivity index (χ0v) is 16.1. The highest BCUT2D eigenvalue weighted by Crippen LogP contribution is 2.23. The second kappa shape index (κ2) is 7.48. The number of benzene rings is 1. The molecule has 1 saturated heterocycles. The highest BCUT2D eigenvalue weighted by atomic mass is 16.6. The van der Waals surface area contributed by atoms with Crippen LogP contribution in [0.4, 0.5) is 10.6 Å². The average Bonchev–Trinajstić information content (AvgIpc) is 2.60. The lowest BCUT2D eigenvalue weighted by molar-refractivity contribution is 0.0269. The molecule has 2 aromatic rings. The molecule has 0 saturated carbocycles. The summed E-state index contributed by atoms with van der Waals surface area (Å²) in [6, 6.07) is 7.92. The van der Waals surface area contributed by atoms with E-state index in [9.17, 15) is 4.79 Å². The maximum Gasteiger partial charge on any atom is 0.410 e. The van der Waals surface area contributed by atoms with Gasteiger partial charge in [0.25, 0.3) is 0 Å². The van der Waals surface area contributed by atoms with Gasteiger partial charge in [-0.25, -0.2) is 9.78 Å². The molecule has 1 atom stereocenters. The number of hydrogen-bond acceptors (Lipinski definition) is 5. The Kier molecular flexibility index (Phi) is 5.30. The Morgan fingerprint density at radius 2 is 2.04 bits per heavy atom. The van der Waals surface area contributed by atoms with E-state index in [1.54, 1.807) is 4.90 Å². The van der Waals surface area contributed by atoms with Gasteiger partial charge in [0.1, 0.15) is 11.4 Å². The van der Waals surface area contributed by atoms with Crippen LogP contribution in [0.15, 0.2) is 30.5 Å². The lowest BCUT2D eigenvalue weighted by atomic mass is 9.97. The van der Waals surface area contributed by atoms with Gasteiger partial charge in [0.2, 0.25) is 0 Å². The van der Waals surface area contributed by atoms with Gasteiger partial charge in [-0.2, -0.15) is 0 Å². The minimum atomic E-state index is -0.468. The summed E-state index contributed by atoms with van der Waals surface area (Å²) in [4.78, 5) is 25.4. The van der Waals surface area contributed by atoms with Gasteiger partial charge in [0.05, 0.1) is 17.2 Å². The van der Waals surface area contributed by atoms with Crippen LogP contribution in [0.3, 0.4) is 0 Å². The lowest BCUT2D eigenvalue weighted by Crippen LogP contribution is -2.43. The van der Waals surface area contributed by atoms with Crippen molar-refractivity contribution in [3.63, 3.8) is 0 Å². The Hall–Kier alpha value is -2.37. The minimum absolute atomic E-state index is 0.264. The maximum atomic E-state index is 12.2. The molecule has 1 aromatic carbocycles. The molecule has 0 unspecified atom stereocenters. The molecule has 6 nitrogen and oxygen atoms in total. The first-order valence-electron chi connectivity index (χ1n) is 9.23. The maximum absolute atomic E-state index is 12.2. The number of carbonyl (C=O) groups is 1. The summed E-state index contributed by atoms with van der Waals surface area (Å²) >= 11 is 0. The first-order chi connectivity index (χ1) is 12.3. The third kappa shape index (κ3) is 4.62. The van der Waals surface area contributed by atoms with E-state index in [2.05, 4.69) is 9.88 Å². The fraction of sp³-hybridized carbons (Fsp3) is 0.550. The molecule has 0 bridgehead atoms. The predicted octanol–water partition coefficient (Wildman–Crippen LogP) is 3.71. The number of piperidine rings is 1. The van der Waals surface area contributed by atoms with Crippen LogP contribution in [0.5, 0.6) is 0 Å². The Morgan fingerprint density at radius 3 is 2.77 bits per heavy atom. The number of hydrogen-bond donors (Lipinski definition) is 0. The van der Waals surface area contributed by atoms with Gasteiger partial charge in [-0.15, -0.1) is 0 Å². The van der Waals surface area contributed by atoms with Crippen molar-refractivity contribution in [1.82, 2.24) is 14.9 Å². The predicted molar refractivity (Wildman–Crippen MR) is 103 cm³/mol. The van der Waals surface area contributed by atoms with Gasteiger partial charge < -0.3 is 14.5 Å². The molecule has 2 heterocycles. The molecular formula is C20H28N4O2. The first-order valence-corrected chi connectivity index (χ1v) is 9.23. The van der Waals surface area contributed by atoms with Crippen molar-refractivity contribution in [2.75, 3.05) is 31.6 Å². The standard InChI is InChI=1S/C20H28N4O2/c1-20(2,3)26-19(25)23(4)13-15-8-7-11-24(14-15)18-12-21-16-9-5-6-10-17(16)22-18/h5-6,9-10,12,15H,7-8,11,13-14H2,1-4H3/t15-/m0/s1. The van der Waals surface area contributed by atoms with Crippen molar-refractivity contribution in [3.05, 3.63) is 30.5 Å². The minimum Gasteiger partial charge on any atom is -0.444 e. The average molecular weight is 356 g/mol. The molecule has 140 valence electrons. The molecule has 3 rings (SSSR count). The van der Waals surface area contributed by atoms with E-state index in [1.165, 1.54) is 0 Å². The van der Waals surface area contributed by atoms with E-state index in [0.29, 0.717) is 12.5 Å². The number of amides is 1. The van der Waals surface area contributed by atoms with Crippen LogP contribution in [-0.2, 0) is 4.74 Å². The Morgan fingerprint density at radius 1 is 1.31 bits per heavy atom. The van der Waals surface area contributed by atoms with E-state index >= 15 is 0 Å². The number of fused-ring (bicyclic) bond motifs is 1. The zero-order chi connectivity index (χ0) is 18.7. The van der Waals surface area contributed by atoms with E-state index < -0.39 is 5.60 Å². The molecule has 26 heavy (non-hydrogen) atoms.